The first-order valence-electron chi connectivity index (χ1n) is 7.84. The molecule has 3 rings (SSSR count). The number of nitrogens with zero attached hydrogens (tertiary/aromatic N) is 1. The van der Waals surface area contributed by atoms with Crippen molar-refractivity contribution >= 4 is 34.8 Å². The molecule has 0 aliphatic carbocycles. The molecule has 1 heterocycles. The van der Waals surface area contributed by atoms with Gasteiger partial charge in [0, 0.05) is 6.54 Å². The zero-order valence-corrected chi connectivity index (χ0v) is 15.2. The van der Waals surface area contributed by atoms with Crippen LogP contribution in [0.5, 0.6) is 11.5 Å². The van der Waals surface area contributed by atoms with Crippen LogP contribution in [-0.4, -0.2) is 37.6 Å². The van der Waals surface area contributed by atoms with Crippen LogP contribution in [0.2, 0.25) is 10.0 Å². The molecule has 25 heavy (non-hydrogen) atoms. The minimum atomic E-state index is -0.140. The standard InChI is InChI=1S/C18H18Cl2N2O3/c1-22(11-17(23)21-15-5-3-2-4-13(15)19)10-12-8-14(20)18-16(9-12)24-6-7-25-18/h2-5,8-9H,6-7,10-11H2,1H3,(H,21,23). The highest BCUT2D eigenvalue weighted by atomic mass is 35.5. The van der Waals surface area contributed by atoms with Crippen LogP contribution in [0.3, 0.4) is 0 Å². The van der Waals surface area contributed by atoms with Gasteiger partial charge in [-0.05, 0) is 36.9 Å². The van der Waals surface area contributed by atoms with Gasteiger partial charge in [-0.1, -0.05) is 35.3 Å². The number of carbonyl (C=O) groups excluding carboxylic acids is 1. The molecule has 0 unspecified atom stereocenters. The molecule has 2 aromatic rings. The molecule has 2 aromatic carbocycles. The number of ether oxygens (including phenoxy) is 2. The third-order valence-corrected chi connectivity index (χ3v) is 4.28. The molecular formula is C18H18Cl2N2O3. The van der Waals surface area contributed by atoms with Crippen molar-refractivity contribution in [2.45, 2.75) is 6.54 Å². The summed E-state index contributed by atoms with van der Waals surface area (Å²) < 4.78 is 11.1. The smallest absolute Gasteiger partial charge is 0.238 e. The summed E-state index contributed by atoms with van der Waals surface area (Å²) in [6, 6.07) is 10.9. The number of para-hydroxylation sites is 1. The second-order valence-electron chi connectivity index (χ2n) is 5.80. The fourth-order valence-corrected chi connectivity index (χ4v) is 3.09. The van der Waals surface area contributed by atoms with Gasteiger partial charge in [0.1, 0.15) is 13.2 Å². The molecule has 0 bridgehead atoms. The Balaban J connectivity index is 1.61. The van der Waals surface area contributed by atoms with E-state index in [-0.39, 0.29) is 12.5 Å². The first-order chi connectivity index (χ1) is 12.0. The van der Waals surface area contributed by atoms with Gasteiger partial charge in [-0.3, -0.25) is 9.69 Å². The normalized spacial score (nSPS) is 13.0. The highest BCUT2D eigenvalue weighted by Crippen LogP contribution is 2.38. The summed E-state index contributed by atoms with van der Waals surface area (Å²) in [4.78, 5) is 14.1. The first kappa shape index (κ1) is 17.9. The van der Waals surface area contributed by atoms with Crippen LogP contribution in [-0.2, 0) is 11.3 Å². The summed E-state index contributed by atoms with van der Waals surface area (Å²) in [5.74, 6) is 1.08. The van der Waals surface area contributed by atoms with Crippen LogP contribution < -0.4 is 14.8 Å². The average Bonchev–Trinajstić information content (AvgIpc) is 2.57. The van der Waals surface area contributed by atoms with Crippen LogP contribution in [0, 0.1) is 0 Å². The van der Waals surface area contributed by atoms with E-state index in [0.29, 0.717) is 47.0 Å². The molecule has 0 saturated heterocycles. The van der Waals surface area contributed by atoms with Gasteiger partial charge in [0.2, 0.25) is 5.91 Å². The van der Waals surface area contributed by atoms with Gasteiger partial charge in [0.15, 0.2) is 11.5 Å². The Morgan fingerprint density at radius 2 is 1.92 bits per heavy atom. The average molecular weight is 381 g/mol. The maximum absolute atomic E-state index is 12.2. The number of hydrogen-bond donors (Lipinski definition) is 1. The maximum atomic E-state index is 12.2. The number of benzene rings is 2. The summed E-state index contributed by atoms with van der Waals surface area (Å²) >= 11 is 12.3. The lowest BCUT2D eigenvalue weighted by atomic mass is 10.2. The third-order valence-electron chi connectivity index (χ3n) is 3.67. The van der Waals surface area contributed by atoms with Crippen molar-refractivity contribution in [3.63, 3.8) is 0 Å². The molecule has 0 saturated carbocycles. The zero-order valence-electron chi connectivity index (χ0n) is 13.7. The van der Waals surface area contributed by atoms with E-state index in [1.54, 1.807) is 12.1 Å². The van der Waals surface area contributed by atoms with E-state index in [0.717, 1.165) is 5.56 Å². The molecule has 132 valence electrons. The lowest BCUT2D eigenvalue weighted by Gasteiger charge is -2.22. The van der Waals surface area contributed by atoms with Gasteiger partial charge in [-0.15, -0.1) is 0 Å². The Morgan fingerprint density at radius 1 is 1.16 bits per heavy atom. The quantitative estimate of drug-likeness (QED) is 0.855. The Morgan fingerprint density at radius 3 is 2.72 bits per heavy atom. The van der Waals surface area contributed by atoms with Crippen molar-refractivity contribution in [1.82, 2.24) is 4.90 Å². The molecule has 0 radical (unpaired) electrons. The van der Waals surface area contributed by atoms with Crippen molar-refractivity contribution in [2.24, 2.45) is 0 Å². The van der Waals surface area contributed by atoms with Crippen LogP contribution in [0.1, 0.15) is 5.56 Å². The molecular weight excluding hydrogens is 363 g/mol. The molecule has 1 amide bonds. The van der Waals surface area contributed by atoms with Gasteiger partial charge >= 0.3 is 0 Å². The van der Waals surface area contributed by atoms with Crippen molar-refractivity contribution < 1.29 is 14.3 Å². The largest absolute Gasteiger partial charge is 0.486 e. The molecule has 1 N–H and O–H groups in total. The van der Waals surface area contributed by atoms with Crippen LogP contribution in [0.25, 0.3) is 0 Å². The molecule has 0 fully saturated rings. The van der Waals surface area contributed by atoms with Crippen LogP contribution in [0.15, 0.2) is 36.4 Å². The molecule has 0 spiro atoms. The van der Waals surface area contributed by atoms with Crippen LogP contribution >= 0.6 is 23.2 Å². The number of carbonyl (C=O) groups is 1. The van der Waals surface area contributed by atoms with Gasteiger partial charge in [0.25, 0.3) is 0 Å². The summed E-state index contributed by atoms with van der Waals surface area (Å²) in [6.45, 7) is 1.76. The number of likely N-dealkylation sites (N-methyl/N-ethyl adjacent to an activating group) is 1. The van der Waals surface area contributed by atoms with Gasteiger partial charge in [-0.25, -0.2) is 0 Å². The Labute approximate surface area is 156 Å². The van der Waals surface area contributed by atoms with Crippen LogP contribution in [0.4, 0.5) is 5.69 Å². The molecule has 0 aromatic heterocycles. The van der Waals surface area contributed by atoms with E-state index in [9.17, 15) is 4.79 Å². The van der Waals surface area contributed by atoms with Gasteiger partial charge in [0.05, 0.1) is 22.3 Å². The minimum Gasteiger partial charge on any atom is -0.486 e. The van der Waals surface area contributed by atoms with E-state index >= 15 is 0 Å². The summed E-state index contributed by atoms with van der Waals surface area (Å²) in [7, 11) is 1.86. The summed E-state index contributed by atoms with van der Waals surface area (Å²) in [5, 5.41) is 3.83. The van der Waals surface area contributed by atoms with Crippen molar-refractivity contribution in [2.75, 3.05) is 32.1 Å². The number of halogens is 2. The van der Waals surface area contributed by atoms with E-state index in [1.807, 2.05) is 36.2 Å². The summed E-state index contributed by atoms with van der Waals surface area (Å²) in [6.07, 6.45) is 0. The number of nitrogens with one attached hydrogen (secondary N) is 1. The Kier molecular flexibility index (Phi) is 5.68. The third kappa shape index (κ3) is 4.57. The SMILES string of the molecule is CN(CC(=O)Nc1ccccc1Cl)Cc1cc(Cl)c2c(c1)OCCO2. The number of anilines is 1. The topological polar surface area (TPSA) is 50.8 Å². The number of hydrogen-bond acceptors (Lipinski definition) is 4. The van der Waals surface area contributed by atoms with E-state index in [1.165, 1.54) is 0 Å². The number of rotatable bonds is 5. The summed E-state index contributed by atoms with van der Waals surface area (Å²) in [5.41, 5.74) is 1.55. The lowest BCUT2D eigenvalue weighted by Crippen LogP contribution is -2.30. The zero-order chi connectivity index (χ0) is 17.8. The molecule has 5 nitrogen and oxygen atoms in total. The van der Waals surface area contributed by atoms with E-state index < -0.39 is 0 Å². The number of fused-ring (bicyclic) bond motifs is 1. The van der Waals surface area contributed by atoms with Gasteiger partial charge < -0.3 is 14.8 Å². The minimum absolute atomic E-state index is 0.140. The molecule has 1 aliphatic rings. The van der Waals surface area contributed by atoms with E-state index in [2.05, 4.69) is 5.32 Å². The van der Waals surface area contributed by atoms with E-state index in [4.69, 9.17) is 32.7 Å². The van der Waals surface area contributed by atoms with Gasteiger partial charge in [-0.2, -0.15) is 0 Å². The number of amides is 1. The van der Waals surface area contributed by atoms with Crippen molar-refractivity contribution in [3.8, 4) is 11.5 Å². The first-order valence-corrected chi connectivity index (χ1v) is 8.59. The van der Waals surface area contributed by atoms with Crippen molar-refractivity contribution in [1.29, 1.82) is 0 Å². The second-order valence-corrected chi connectivity index (χ2v) is 6.62. The lowest BCUT2D eigenvalue weighted by molar-refractivity contribution is -0.117. The Bertz CT molecular complexity index is 783. The molecule has 1 aliphatic heterocycles. The predicted molar refractivity (Wildman–Crippen MR) is 98.9 cm³/mol. The maximum Gasteiger partial charge on any atom is 0.238 e. The highest BCUT2D eigenvalue weighted by Gasteiger charge is 2.17. The monoisotopic (exact) mass is 380 g/mol. The second kappa shape index (κ2) is 7.95. The fourth-order valence-electron chi connectivity index (χ4n) is 2.62. The highest BCUT2D eigenvalue weighted by molar-refractivity contribution is 6.33. The molecule has 7 heteroatoms. The van der Waals surface area contributed by atoms with Crippen molar-refractivity contribution in [3.05, 3.63) is 52.0 Å². The molecule has 0 atom stereocenters. The Hall–Kier alpha value is -1.95. The fraction of sp³-hybridized carbons (Fsp3) is 0.278. The predicted octanol–water partition coefficient (Wildman–Crippen LogP) is 3.84.